The number of nitrogens with zero attached hydrogens (tertiary/aromatic N) is 1. The molecule has 1 amide bonds. The van der Waals surface area contributed by atoms with Gasteiger partial charge < -0.3 is 4.90 Å². The van der Waals surface area contributed by atoms with Crippen LogP contribution in [-0.4, -0.2) is 17.9 Å². The molecule has 0 saturated carbocycles. The molecule has 21 heavy (non-hydrogen) atoms. The van der Waals surface area contributed by atoms with E-state index in [2.05, 4.69) is 6.58 Å². The highest BCUT2D eigenvalue weighted by Crippen LogP contribution is 2.21. The van der Waals surface area contributed by atoms with Crippen molar-refractivity contribution < 1.29 is 4.79 Å². The third-order valence-corrected chi connectivity index (χ3v) is 3.28. The average molecular weight is 283 g/mol. The van der Waals surface area contributed by atoms with Crippen LogP contribution in [0.15, 0.2) is 65.8 Å². The fourth-order valence-electron chi connectivity index (χ4n) is 2.08. The van der Waals surface area contributed by atoms with Gasteiger partial charge in [-0.3, -0.25) is 4.79 Å². The molecular weight excluding hydrogens is 258 g/mol. The molecule has 112 valence electrons. The predicted octanol–water partition coefficient (Wildman–Crippen LogP) is 4.67. The van der Waals surface area contributed by atoms with Gasteiger partial charge in [0.1, 0.15) is 0 Å². The highest BCUT2D eigenvalue weighted by molar-refractivity contribution is 5.96. The van der Waals surface area contributed by atoms with Crippen molar-refractivity contribution in [2.24, 2.45) is 0 Å². The van der Waals surface area contributed by atoms with E-state index in [-0.39, 0.29) is 11.9 Å². The number of carbonyl (C=O) groups is 1. The molecule has 0 fully saturated rings. The van der Waals surface area contributed by atoms with E-state index in [0.717, 1.165) is 16.7 Å². The van der Waals surface area contributed by atoms with E-state index in [0.29, 0.717) is 5.57 Å². The van der Waals surface area contributed by atoms with Gasteiger partial charge in [0.05, 0.1) is 6.04 Å². The summed E-state index contributed by atoms with van der Waals surface area (Å²) in [5.74, 6) is 0.00977. The lowest BCUT2D eigenvalue weighted by molar-refractivity contribution is -0.127. The summed E-state index contributed by atoms with van der Waals surface area (Å²) < 4.78 is 0. The van der Waals surface area contributed by atoms with Crippen molar-refractivity contribution in [1.29, 1.82) is 0 Å². The van der Waals surface area contributed by atoms with E-state index >= 15 is 0 Å². The summed E-state index contributed by atoms with van der Waals surface area (Å²) in [5.41, 5.74) is 3.77. The van der Waals surface area contributed by atoms with Crippen molar-refractivity contribution in [1.82, 2.24) is 4.90 Å². The first kappa shape index (κ1) is 17.0. The minimum Gasteiger partial charge on any atom is -0.335 e. The standard InChI is InChI=1S/C19H25NO/c1-14(2)12-18(13-15(3)4)19(21)20(6)16(5)17-10-8-7-9-11-17/h7-13,16H,1H2,2-6H3/b18-12+/t16-/m0/s1. The van der Waals surface area contributed by atoms with Crippen LogP contribution in [-0.2, 0) is 4.79 Å². The number of benzene rings is 1. The first-order valence-corrected chi connectivity index (χ1v) is 7.17. The van der Waals surface area contributed by atoms with Crippen LogP contribution in [0.4, 0.5) is 0 Å². The number of allylic oxidation sites excluding steroid dienone is 3. The summed E-state index contributed by atoms with van der Waals surface area (Å²) in [7, 11) is 1.84. The van der Waals surface area contributed by atoms with Crippen LogP contribution >= 0.6 is 0 Å². The minimum atomic E-state index is 0.00977. The molecule has 0 N–H and O–H groups in total. The molecule has 1 atom stereocenters. The lowest BCUT2D eigenvalue weighted by Crippen LogP contribution is -2.30. The fraction of sp³-hybridized carbons (Fsp3) is 0.316. The van der Waals surface area contributed by atoms with Crippen molar-refractivity contribution in [2.45, 2.75) is 33.7 Å². The summed E-state index contributed by atoms with van der Waals surface area (Å²) in [4.78, 5) is 14.5. The fourth-order valence-corrected chi connectivity index (χ4v) is 2.08. The van der Waals surface area contributed by atoms with Gasteiger partial charge in [-0.2, -0.15) is 0 Å². The third kappa shape index (κ3) is 5.07. The van der Waals surface area contributed by atoms with Crippen LogP contribution in [0.25, 0.3) is 0 Å². The molecule has 0 saturated heterocycles. The molecule has 2 nitrogen and oxygen atoms in total. The van der Waals surface area contributed by atoms with E-state index in [1.165, 1.54) is 0 Å². The van der Waals surface area contributed by atoms with Gasteiger partial charge in [0.15, 0.2) is 0 Å². The van der Waals surface area contributed by atoms with Crippen LogP contribution in [0.3, 0.4) is 0 Å². The van der Waals surface area contributed by atoms with Crippen LogP contribution in [0.5, 0.6) is 0 Å². The van der Waals surface area contributed by atoms with Gasteiger partial charge in [-0.15, -0.1) is 0 Å². The maximum Gasteiger partial charge on any atom is 0.254 e. The van der Waals surface area contributed by atoms with Gasteiger partial charge in [-0.1, -0.05) is 54.1 Å². The highest BCUT2D eigenvalue weighted by Gasteiger charge is 2.19. The molecule has 1 aromatic rings. The molecule has 0 bridgehead atoms. The molecule has 1 rings (SSSR count). The summed E-state index contributed by atoms with van der Waals surface area (Å²) in [6.07, 6.45) is 3.74. The van der Waals surface area contributed by atoms with Gasteiger partial charge in [0.25, 0.3) is 5.91 Å². The molecule has 0 unspecified atom stereocenters. The number of likely N-dealkylation sites (N-methyl/N-ethyl adjacent to an activating group) is 1. The second kappa shape index (κ2) is 7.63. The zero-order valence-electron chi connectivity index (χ0n) is 13.7. The quantitative estimate of drug-likeness (QED) is 0.568. The average Bonchev–Trinajstić information content (AvgIpc) is 2.44. The van der Waals surface area contributed by atoms with Gasteiger partial charge >= 0.3 is 0 Å². The largest absolute Gasteiger partial charge is 0.335 e. The maximum atomic E-state index is 12.7. The highest BCUT2D eigenvalue weighted by atomic mass is 16.2. The van der Waals surface area contributed by atoms with Gasteiger partial charge in [0.2, 0.25) is 0 Å². The van der Waals surface area contributed by atoms with Crippen LogP contribution in [0.2, 0.25) is 0 Å². The molecule has 0 aromatic heterocycles. The number of amides is 1. The lowest BCUT2D eigenvalue weighted by Gasteiger charge is -2.26. The predicted molar refractivity (Wildman–Crippen MR) is 90.0 cm³/mol. The maximum absolute atomic E-state index is 12.7. The number of hydrogen-bond acceptors (Lipinski definition) is 1. The van der Waals surface area contributed by atoms with Crippen molar-refractivity contribution >= 4 is 5.91 Å². The number of hydrogen-bond donors (Lipinski definition) is 0. The minimum absolute atomic E-state index is 0.00977. The summed E-state index contributed by atoms with van der Waals surface area (Å²) in [5, 5.41) is 0. The van der Waals surface area contributed by atoms with E-state index in [1.807, 2.05) is 77.2 Å². The van der Waals surface area contributed by atoms with Crippen molar-refractivity contribution in [3.05, 3.63) is 71.3 Å². The van der Waals surface area contributed by atoms with Gasteiger partial charge in [-0.05, 0) is 39.3 Å². The smallest absolute Gasteiger partial charge is 0.254 e. The Bertz CT molecular complexity index is 562. The Morgan fingerprint density at radius 1 is 1.14 bits per heavy atom. The molecule has 2 heteroatoms. The second-order valence-electron chi connectivity index (χ2n) is 5.67. The van der Waals surface area contributed by atoms with E-state index in [4.69, 9.17) is 0 Å². The SMILES string of the molecule is C=C(C)/C=C(\C=C(C)C)C(=O)N(C)[C@@H](C)c1ccccc1. The molecule has 0 heterocycles. The Hall–Kier alpha value is -2.09. The van der Waals surface area contributed by atoms with E-state index in [9.17, 15) is 4.79 Å². The number of carbonyl (C=O) groups excluding carboxylic acids is 1. The lowest BCUT2D eigenvalue weighted by atomic mass is 10.0. The van der Waals surface area contributed by atoms with E-state index < -0.39 is 0 Å². The zero-order chi connectivity index (χ0) is 16.0. The summed E-state index contributed by atoms with van der Waals surface area (Å²) in [6.45, 7) is 11.8. The number of rotatable bonds is 5. The van der Waals surface area contributed by atoms with Crippen LogP contribution < -0.4 is 0 Å². The molecule has 0 aliphatic carbocycles. The Kier molecular flexibility index (Phi) is 6.16. The first-order chi connectivity index (χ1) is 9.82. The molecule has 0 aliphatic rings. The normalized spacial score (nSPS) is 12.5. The van der Waals surface area contributed by atoms with Gasteiger partial charge in [-0.25, -0.2) is 0 Å². The zero-order valence-corrected chi connectivity index (χ0v) is 13.7. The Morgan fingerprint density at radius 2 is 1.71 bits per heavy atom. The Labute approximate surface area is 128 Å². The topological polar surface area (TPSA) is 20.3 Å². The monoisotopic (exact) mass is 283 g/mol. The second-order valence-corrected chi connectivity index (χ2v) is 5.67. The Morgan fingerprint density at radius 3 is 2.19 bits per heavy atom. The Balaban J connectivity index is 3.04. The molecule has 1 aromatic carbocycles. The first-order valence-electron chi connectivity index (χ1n) is 7.17. The summed E-state index contributed by atoms with van der Waals surface area (Å²) in [6, 6.07) is 10.1. The van der Waals surface area contributed by atoms with E-state index in [1.54, 1.807) is 4.90 Å². The molecule has 0 aliphatic heterocycles. The van der Waals surface area contributed by atoms with Crippen LogP contribution in [0, 0.1) is 0 Å². The van der Waals surface area contributed by atoms with Crippen molar-refractivity contribution in [3.8, 4) is 0 Å². The van der Waals surface area contributed by atoms with Crippen molar-refractivity contribution in [2.75, 3.05) is 7.05 Å². The molecule has 0 radical (unpaired) electrons. The molecular formula is C19H25NO. The third-order valence-electron chi connectivity index (χ3n) is 3.28. The summed E-state index contributed by atoms with van der Waals surface area (Å²) >= 11 is 0. The molecule has 0 spiro atoms. The van der Waals surface area contributed by atoms with Crippen LogP contribution in [0.1, 0.15) is 39.3 Å². The van der Waals surface area contributed by atoms with Crippen molar-refractivity contribution in [3.63, 3.8) is 0 Å². The van der Waals surface area contributed by atoms with Gasteiger partial charge in [0, 0.05) is 12.6 Å².